The van der Waals surface area contributed by atoms with Gasteiger partial charge in [-0.15, -0.1) is 0 Å². The third-order valence-corrected chi connectivity index (χ3v) is 12.6. The topological polar surface area (TPSA) is 222 Å². The van der Waals surface area contributed by atoms with Crippen molar-refractivity contribution in [3.63, 3.8) is 0 Å². The first-order valence-electron chi connectivity index (χ1n) is 19.4. The molecule has 1 aromatic carbocycles. The van der Waals surface area contributed by atoms with Gasteiger partial charge in [-0.2, -0.15) is 0 Å². The number of aliphatic hydroxyl groups is 5. The van der Waals surface area contributed by atoms with Crippen molar-refractivity contribution >= 4 is 34.0 Å². The van der Waals surface area contributed by atoms with Crippen LogP contribution < -0.4 is 25.3 Å². The molecular formula is C41H47N5O11+2. The average Bonchev–Trinajstić information content (AvgIpc) is 4.04. The minimum Gasteiger partial charge on any atom is -0.477 e. The van der Waals surface area contributed by atoms with E-state index in [-0.39, 0.29) is 42.2 Å². The van der Waals surface area contributed by atoms with Crippen LogP contribution in [0.2, 0.25) is 0 Å². The molecule has 9 rings (SSSR count). The highest BCUT2D eigenvalue weighted by molar-refractivity contribution is 6.07. The zero-order chi connectivity index (χ0) is 39.6. The Morgan fingerprint density at radius 2 is 1.98 bits per heavy atom. The SMILES string of the molecule is Cc1cc(=O)c2cc3c(c([NH+]4C=C5C=CN=C5C4)c2o1)OC1(CC=CC(C2CNC(=O)C2)C1)C(OOCC(O)C(O)(C[NH+]1C=CC2=NC=CC21)C(O)C(O)CO)C3. The van der Waals surface area contributed by atoms with Crippen molar-refractivity contribution in [1.82, 2.24) is 5.32 Å². The largest absolute Gasteiger partial charge is 0.477 e. The van der Waals surface area contributed by atoms with Gasteiger partial charge >= 0.3 is 0 Å². The molecule has 1 fully saturated rings. The number of aryl methyl sites for hydroxylation is 1. The summed E-state index contributed by atoms with van der Waals surface area (Å²) in [5, 5.41) is 58.0. The smallest absolute Gasteiger partial charge is 0.222 e. The fourth-order valence-electron chi connectivity index (χ4n) is 9.44. The molecule has 1 saturated heterocycles. The Balaban J connectivity index is 1.05. The second-order valence-corrected chi connectivity index (χ2v) is 16.2. The monoisotopic (exact) mass is 785 g/mol. The summed E-state index contributed by atoms with van der Waals surface area (Å²) in [6.07, 6.45) is 12.0. The van der Waals surface area contributed by atoms with Crippen molar-refractivity contribution in [2.24, 2.45) is 21.8 Å². The highest BCUT2D eigenvalue weighted by atomic mass is 17.2. The van der Waals surface area contributed by atoms with E-state index in [0.29, 0.717) is 71.0 Å². The lowest BCUT2D eigenvalue weighted by molar-refractivity contribution is -0.861. The number of hydrogen-bond acceptors (Lipinski definition) is 13. The second kappa shape index (κ2) is 14.6. The normalized spacial score (nSPS) is 32.0. The molecule has 11 unspecified atom stereocenters. The molecular weight excluding hydrogens is 738 g/mol. The summed E-state index contributed by atoms with van der Waals surface area (Å²) < 4.78 is 13.5. The molecule has 2 aromatic rings. The summed E-state index contributed by atoms with van der Waals surface area (Å²) in [5.41, 5.74) is 0.796. The molecule has 8 N–H and O–H groups in total. The van der Waals surface area contributed by atoms with Gasteiger partial charge in [0.2, 0.25) is 17.2 Å². The predicted molar refractivity (Wildman–Crippen MR) is 204 cm³/mol. The molecule has 7 heterocycles. The number of ether oxygens (including phenoxy) is 1. The van der Waals surface area contributed by atoms with Crippen LogP contribution in [0.4, 0.5) is 5.69 Å². The number of benzene rings is 1. The Hall–Kier alpha value is -4.62. The van der Waals surface area contributed by atoms with Crippen molar-refractivity contribution in [2.45, 2.75) is 74.3 Å². The fraction of sp³-hybridized carbons (Fsp3) is 0.463. The third kappa shape index (κ3) is 6.64. The number of hydrogen-bond donors (Lipinski definition) is 8. The fourth-order valence-corrected chi connectivity index (χ4v) is 9.44. The zero-order valence-electron chi connectivity index (χ0n) is 31.3. The van der Waals surface area contributed by atoms with Gasteiger partial charge < -0.3 is 40.0 Å². The summed E-state index contributed by atoms with van der Waals surface area (Å²) in [4.78, 5) is 48.2. The minimum absolute atomic E-state index is 0.0138. The summed E-state index contributed by atoms with van der Waals surface area (Å²) in [6, 6.07) is 2.96. The molecule has 11 atom stereocenters. The number of aliphatic imine (C=N–C) groups is 2. The van der Waals surface area contributed by atoms with Crippen molar-refractivity contribution in [3.05, 3.63) is 94.4 Å². The van der Waals surface area contributed by atoms with E-state index in [1.165, 1.54) is 6.07 Å². The molecule has 7 aliphatic rings. The number of allylic oxidation sites excluding steroid dienone is 2. The lowest BCUT2D eigenvalue weighted by atomic mass is 9.71. The maximum atomic E-state index is 13.5. The molecule has 16 nitrogen and oxygen atoms in total. The summed E-state index contributed by atoms with van der Waals surface area (Å²) in [7, 11) is 0. The van der Waals surface area contributed by atoms with Gasteiger partial charge in [-0.25, -0.2) is 9.78 Å². The Kier molecular flexibility index (Phi) is 9.74. The number of fused-ring (bicyclic) bond motifs is 4. The van der Waals surface area contributed by atoms with Crippen LogP contribution in [0, 0.1) is 18.8 Å². The maximum absolute atomic E-state index is 13.5. The van der Waals surface area contributed by atoms with E-state index in [1.54, 1.807) is 37.7 Å². The number of carbonyl (C=O) groups is 1. The molecule has 0 radical (unpaired) electrons. The predicted octanol–water partition coefficient (Wildman–Crippen LogP) is -1.87. The van der Waals surface area contributed by atoms with Gasteiger partial charge in [-0.05, 0) is 43.4 Å². The highest BCUT2D eigenvalue weighted by Crippen LogP contribution is 2.49. The van der Waals surface area contributed by atoms with Crippen LogP contribution in [-0.4, -0.2) is 117 Å². The lowest BCUT2D eigenvalue weighted by Crippen LogP contribution is -3.13. The van der Waals surface area contributed by atoms with Crippen LogP contribution in [-0.2, 0) is 21.0 Å². The van der Waals surface area contributed by atoms with Gasteiger partial charge in [0.25, 0.3) is 0 Å². The Morgan fingerprint density at radius 1 is 1.12 bits per heavy atom. The van der Waals surface area contributed by atoms with Gasteiger partial charge in [-0.1, -0.05) is 12.2 Å². The van der Waals surface area contributed by atoms with Crippen LogP contribution in [0.1, 0.15) is 30.6 Å². The number of rotatable bonds is 12. The van der Waals surface area contributed by atoms with Crippen LogP contribution in [0.15, 0.2) is 92.1 Å². The number of aliphatic hydroxyl groups excluding tert-OH is 4. The van der Waals surface area contributed by atoms with Gasteiger partial charge in [0, 0.05) is 55.9 Å². The molecule has 0 bridgehead atoms. The van der Waals surface area contributed by atoms with Gasteiger partial charge in [-0.3, -0.25) is 29.4 Å². The first-order chi connectivity index (χ1) is 27.5. The van der Waals surface area contributed by atoms with Crippen molar-refractivity contribution in [3.8, 4) is 5.75 Å². The Morgan fingerprint density at radius 3 is 2.77 bits per heavy atom. The standard InChI is InChI=1S/C41H45N5O11/c1-22-11-31(48)27-12-25-13-34(57-54-20-33(50)41(53,39(52)32(49)19-47)21-45-10-6-28-30(45)5-9-42-28)40(7-2-3-23(15-40)26-14-35(51)44-16-26)56-37(25)36(38(27)55-22)46-17-24-4-8-43-29(24)18-46/h2-6,8-12,17,23,26,30,32-34,39,47,49-50,52-53H,7,13-16,18-21H2,1H3,(H,44,51)/p+2. The summed E-state index contributed by atoms with van der Waals surface area (Å²) in [6.45, 7) is 1.02. The van der Waals surface area contributed by atoms with Crippen LogP contribution in [0.25, 0.3) is 11.0 Å². The molecule has 300 valence electrons. The Bertz CT molecular complexity index is 2260. The van der Waals surface area contributed by atoms with E-state index in [9.17, 15) is 35.1 Å². The quantitative estimate of drug-likeness (QED) is 0.0677. The number of quaternary nitrogens is 2. The number of carbonyl (C=O) groups excluding carboxylic acids is 1. The number of amides is 1. The molecule has 57 heavy (non-hydrogen) atoms. The van der Waals surface area contributed by atoms with E-state index in [0.717, 1.165) is 21.9 Å². The van der Waals surface area contributed by atoms with E-state index < -0.39 is 48.8 Å². The van der Waals surface area contributed by atoms with Crippen molar-refractivity contribution < 1.29 is 59.1 Å². The first-order valence-corrected chi connectivity index (χ1v) is 19.4. The summed E-state index contributed by atoms with van der Waals surface area (Å²) in [5.74, 6) is 0.964. The van der Waals surface area contributed by atoms with Crippen LogP contribution in [0.5, 0.6) is 5.75 Å². The summed E-state index contributed by atoms with van der Waals surface area (Å²) >= 11 is 0. The van der Waals surface area contributed by atoms with E-state index >= 15 is 0 Å². The number of nitrogens with zero attached hydrogens (tertiary/aromatic N) is 2. The Labute approximate surface area is 327 Å². The van der Waals surface area contributed by atoms with Crippen molar-refractivity contribution in [1.29, 1.82) is 0 Å². The molecule has 1 aromatic heterocycles. The van der Waals surface area contributed by atoms with E-state index in [4.69, 9.17) is 18.9 Å². The molecule has 16 heteroatoms. The highest BCUT2D eigenvalue weighted by Gasteiger charge is 2.54. The van der Waals surface area contributed by atoms with Gasteiger partial charge in [0.05, 0.1) is 23.8 Å². The average molecular weight is 786 g/mol. The molecule has 6 aliphatic heterocycles. The maximum Gasteiger partial charge on any atom is 0.222 e. The van der Waals surface area contributed by atoms with Gasteiger partial charge in [0.1, 0.15) is 73.1 Å². The molecule has 1 spiro atoms. The lowest BCUT2D eigenvalue weighted by Gasteiger charge is -2.47. The van der Waals surface area contributed by atoms with Gasteiger partial charge in [0.15, 0.2) is 22.8 Å². The molecule has 1 amide bonds. The number of nitrogens with one attached hydrogen (secondary N) is 3. The van der Waals surface area contributed by atoms with Crippen molar-refractivity contribution in [2.75, 3.05) is 32.8 Å². The molecule has 0 saturated carbocycles. The molecule has 1 aliphatic carbocycles. The minimum atomic E-state index is -2.37. The van der Waals surface area contributed by atoms with Crippen LogP contribution >= 0.6 is 0 Å². The van der Waals surface area contributed by atoms with E-state index in [1.807, 2.05) is 24.4 Å². The van der Waals surface area contributed by atoms with E-state index in [2.05, 4.69) is 21.4 Å². The first kappa shape index (κ1) is 37.9. The second-order valence-electron chi connectivity index (χ2n) is 16.2. The zero-order valence-corrected chi connectivity index (χ0v) is 31.3. The van der Waals surface area contributed by atoms with Crippen LogP contribution in [0.3, 0.4) is 0 Å². The third-order valence-electron chi connectivity index (χ3n) is 12.6.